The quantitative estimate of drug-likeness (QED) is 0.929. The molecule has 1 aromatic heterocycles. The van der Waals surface area contributed by atoms with Crippen LogP contribution in [0, 0.1) is 5.41 Å². The average molecular weight is 289 g/mol. The Morgan fingerprint density at radius 1 is 1.73 bits per heavy atom. The van der Waals surface area contributed by atoms with E-state index < -0.39 is 0 Å². The molecule has 0 spiro atoms. The first-order valence-corrected chi connectivity index (χ1v) is 6.65. The second-order valence-electron chi connectivity index (χ2n) is 4.32. The molecule has 5 heteroatoms. The number of aromatic nitrogens is 1. The van der Waals surface area contributed by atoms with Crippen LogP contribution in [0.15, 0.2) is 9.30 Å². The highest BCUT2D eigenvalue weighted by Crippen LogP contribution is 2.39. The number of nitrogens with one attached hydrogen (secondary N) is 1. The lowest BCUT2D eigenvalue weighted by atomic mass is 9.70. The molecule has 2 rings (SSSR count). The van der Waals surface area contributed by atoms with Crippen molar-refractivity contribution < 1.29 is 4.79 Å². The van der Waals surface area contributed by atoms with Crippen molar-refractivity contribution in [3.8, 4) is 0 Å². The molecule has 82 valence electrons. The molecular formula is C10H13BrN2OS. The Bertz CT molecular complexity index is 373. The van der Waals surface area contributed by atoms with E-state index in [1.54, 1.807) is 5.51 Å². The fourth-order valence-corrected chi connectivity index (χ4v) is 2.76. The molecule has 0 radical (unpaired) electrons. The highest BCUT2D eigenvalue weighted by atomic mass is 79.9. The number of hydrogen-bond donors (Lipinski definition) is 1. The topological polar surface area (TPSA) is 42.0 Å². The van der Waals surface area contributed by atoms with Gasteiger partial charge in [0.15, 0.2) is 5.69 Å². The SMILES string of the molecule is CC1(CNC(=O)c2ncsc2Br)CCC1. The van der Waals surface area contributed by atoms with Gasteiger partial charge < -0.3 is 5.32 Å². The second-order valence-corrected chi connectivity index (χ2v) is 6.49. The third-order valence-corrected chi connectivity index (χ3v) is 4.52. The Labute approximate surface area is 101 Å². The van der Waals surface area contributed by atoms with E-state index in [0.717, 1.165) is 10.3 Å². The molecule has 0 bridgehead atoms. The lowest BCUT2D eigenvalue weighted by Crippen LogP contribution is -2.40. The van der Waals surface area contributed by atoms with E-state index in [1.807, 2.05) is 0 Å². The first-order valence-electron chi connectivity index (χ1n) is 4.98. The zero-order valence-corrected chi connectivity index (χ0v) is 10.9. The minimum absolute atomic E-state index is 0.0729. The molecule has 1 aliphatic carbocycles. The van der Waals surface area contributed by atoms with Gasteiger partial charge in [-0.05, 0) is 34.2 Å². The smallest absolute Gasteiger partial charge is 0.271 e. The number of halogens is 1. The number of thiazole rings is 1. The van der Waals surface area contributed by atoms with E-state index in [0.29, 0.717) is 11.1 Å². The van der Waals surface area contributed by atoms with Gasteiger partial charge in [0.05, 0.1) is 5.51 Å². The van der Waals surface area contributed by atoms with Gasteiger partial charge in [-0.1, -0.05) is 13.3 Å². The molecule has 1 aromatic rings. The average Bonchev–Trinajstić information content (AvgIpc) is 2.58. The van der Waals surface area contributed by atoms with Crippen LogP contribution in [0.4, 0.5) is 0 Å². The van der Waals surface area contributed by atoms with Crippen LogP contribution in [0.25, 0.3) is 0 Å². The molecule has 1 heterocycles. The maximum Gasteiger partial charge on any atom is 0.271 e. The van der Waals surface area contributed by atoms with E-state index in [-0.39, 0.29) is 5.91 Å². The number of carbonyl (C=O) groups excluding carboxylic acids is 1. The van der Waals surface area contributed by atoms with E-state index >= 15 is 0 Å². The molecule has 0 atom stereocenters. The maximum atomic E-state index is 11.7. The molecule has 1 aliphatic rings. The van der Waals surface area contributed by atoms with Gasteiger partial charge >= 0.3 is 0 Å². The van der Waals surface area contributed by atoms with Crippen molar-refractivity contribution in [1.82, 2.24) is 10.3 Å². The fraction of sp³-hybridized carbons (Fsp3) is 0.600. The van der Waals surface area contributed by atoms with Crippen LogP contribution in [-0.2, 0) is 0 Å². The lowest BCUT2D eigenvalue weighted by molar-refractivity contribution is 0.0886. The predicted molar refractivity (Wildman–Crippen MR) is 64.1 cm³/mol. The van der Waals surface area contributed by atoms with Crippen LogP contribution in [0.5, 0.6) is 0 Å². The summed E-state index contributed by atoms with van der Waals surface area (Å²) in [6, 6.07) is 0. The van der Waals surface area contributed by atoms with Crippen LogP contribution in [-0.4, -0.2) is 17.4 Å². The summed E-state index contributed by atoms with van der Waals surface area (Å²) < 4.78 is 0.804. The van der Waals surface area contributed by atoms with Gasteiger partial charge in [-0.2, -0.15) is 0 Å². The number of hydrogen-bond acceptors (Lipinski definition) is 3. The Balaban J connectivity index is 1.90. The Hall–Kier alpha value is -0.420. The number of nitrogens with zero attached hydrogens (tertiary/aromatic N) is 1. The maximum absolute atomic E-state index is 11.7. The number of rotatable bonds is 3. The molecule has 1 N–H and O–H groups in total. The molecule has 0 aliphatic heterocycles. The van der Waals surface area contributed by atoms with Crippen LogP contribution in [0.2, 0.25) is 0 Å². The van der Waals surface area contributed by atoms with Gasteiger partial charge in [-0.25, -0.2) is 4.98 Å². The first kappa shape index (κ1) is 11.1. The highest BCUT2D eigenvalue weighted by molar-refractivity contribution is 9.11. The van der Waals surface area contributed by atoms with Crippen LogP contribution >= 0.6 is 27.3 Å². The minimum Gasteiger partial charge on any atom is -0.350 e. The third kappa shape index (κ3) is 2.39. The van der Waals surface area contributed by atoms with Gasteiger partial charge in [0.1, 0.15) is 3.79 Å². The van der Waals surface area contributed by atoms with Gasteiger partial charge in [0.2, 0.25) is 0 Å². The number of carbonyl (C=O) groups is 1. The molecule has 15 heavy (non-hydrogen) atoms. The highest BCUT2D eigenvalue weighted by Gasteiger charge is 2.32. The molecule has 0 unspecified atom stereocenters. The zero-order chi connectivity index (χ0) is 10.9. The van der Waals surface area contributed by atoms with Crippen molar-refractivity contribution >= 4 is 33.2 Å². The standard InChI is InChI=1S/C10H13BrN2OS/c1-10(3-2-4-10)5-12-9(14)7-8(11)15-6-13-7/h6H,2-5H2,1H3,(H,12,14). The van der Waals surface area contributed by atoms with Crippen LogP contribution in [0.3, 0.4) is 0 Å². The van der Waals surface area contributed by atoms with Crippen molar-refractivity contribution in [3.05, 3.63) is 15.0 Å². The minimum atomic E-state index is -0.0729. The Kier molecular flexibility index (Phi) is 3.11. The van der Waals surface area contributed by atoms with Crippen molar-refractivity contribution in [2.75, 3.05) is 6.54 Å². The largest absolute Gasteiger partial charge is 0.350 e. The molecule has 1 fully saturated rings. The summed E-state index contributed by atoms with van der Waals surface area (Å²) in [5.74, 6) is -0.0729. The van der Waals surface area contributed by atoms with Crippen molar-refractivity contribution in [2.45, 2.75) is 26.2 Å². The first-order chi connectivity index (χ1) is 7.11. The normalized spacial score (nSPS) is 18.3. The van der Waals surface area contributed by atoms with Gasteiger partial charge in [-0.15, -0.1) is 11.3 Å². The van der Waals surface area contributed by atoms with E-state index in [4.69, 9.17) is 0 Å². The van der Waals surface area contributed by atoms with E-state index in [1.165, 1.54) is 30.6 Å². The van der Waals surface area contributed by atoms with Crippen LogP contribution in [0.1, 0.15) is 36.7 Å². The predicted octanol–water partition coefficient (Wildman–Crippen LogP) is 2.83. The monoisotopic (exact) mass is 288 g/mol. The van der Waals surface area contributed by atoms with Crippen molar-refractivity contribution in [2.24, 2.45) is 5.41 Å². The molecule has 3 nitrogen and oxygen atoms in total. The number of amides is 1. The lowest BCUT2D eigenvalue weighted by Gasteiger charge is -2.38. The van der Waals surface area contributed by atoms with Gasteiger partial charge in [-0.3, -0.25) is 4.79 Å². The summed E-state index contributed by atoms with van der Waals surface area (Å²) in [5.41, 5.74) is 2.49. The molecular weight excluding hydrogens is 276 g/mol. The Morgan fingerprint density at radius 3 is 2.93 bits per heavy atom. The molecule has 0 aromatic carbocycles. The summed E-state index contributed by atoms with van der Waals surface area (Å²) in [4.78, 5) is 15.7. The third-order valence-electron chi connectivity index (χ3n) is 2.98. The molecule has 0 saturated heterocycles. The van der Waals surface area contributed by atoms with E-state index in [9.17, 15) is 4.79 Å². The summed E-state index contributed by atoms with van der Waals surface area (Å²) in [5, 5.41) is 2.94. The second kappa shape index (κ2) is 4.22. The summed E-state index contributed by atoms with van der Waals surface area (Å²) >= 11 is 4.74. The summed E-state index contributed by atoms with van der Waals surface area (Å²) in [6.45, 7) is 2.97. The fourth-order valence-electron chi connectivity index (χ4n) is 1.71. The summed E-state index contributed by atoms with van der Waals surface area (Å²) in [7, 11) is 0. The van der Waals surface area contributed by atoms with Gasteiger partial charge in [0.25, 0.3) is 5.91 Å². The van der Waals surface area contributed by atoms with E-state index in [2.05, 4.69) is 33.2 Å². The van der Waals surface area contributed by atoms with Crippen molar-refractivity contribution in [1.29, 1.82) is 0 Å². The van der Waals surface area contributed by atoms with Crippen LogP contribution < -0.4 is 5.32 Å². The summed E-state index contributed by atoms with van der Waals surface area (Å²) in [6.07, 6.45) is 3.71. The zero-order valence-electron chi connectivity index (χ0n) is 8.55. The molecule has 1 amide bonds. The van der Waals surface area contributed by atoms with Gasteiger partial charge in [0, 0.05) is 6.54 Å². The Morgan fingerprint density at radius 2 is 2.47 bits per heavy atom. The molecule has 1 saturated carbocycles. The van der Waals surface area contributed by atoms with Crippen molar-refractivity contribution in [3.63, 3.8) is 0 Å².